The molecule has 0 unspecified atom stereocenters. The Morgan fingerprint density at radius 2 is 1.23 bits per heavy atom. The van der Waals surface area contributed by atoms with Crippen LogP contribution in [0.2, 0.25) is 0 Å². The first-order valence-corrected chi connectivity index (χ1v) is 16.9. The summed E-state index contributed by atoms with van der Waals surface area (Å²) in [6.45, 7) is 4.63. The van der Waals surface area contributed by atoms with Crippen LogP contribution in [0.5, 0.6) is 0 Å². The number of carboxylic acids is 1. The Morgan fingerprint density at radius 3 is 1.62 bits per heavy atom. The number of rotatable bonds is 7. The average molecular weight is 683 g/mol. The van der Waals surface area contributed by atoms with Gasteiger partial charge in [0.15, 0.2) is 26.1 Å². The molecule has 2 fully saturated rings. The number of hydrogen-bond acceptors (Lipinski definition) is 13. The Hall–Kier alpha value is -3.76. The van der Waals surface area contributed by atoms with E-state index in [9.17, 15) is 22.8 Å². The Bertz CT molecular complexity index is 1560. The van der Waals surface area contributed by atoms with Crippen molar-refractivity contribution in [3.63, 3.8) is 0 Å². The van der Waals surface area contributed by atoms with Crippen LogP contribution in [-0.2, 0) is 43.2 Å². The van der Waals surface area contributed by atoms with Crippen LogP contribution in [-0.4, -0.2) is 97.3 Å². The molecule has 2 aliphatic rings. The summed E-state index contributed by atoms with van der Waals surface area (Å²) in [6, 6.07) is 2.94. The van der Waals surface area contributed by atoms with Gasteiger partial charge in [-0.15, -0.1) is 0 Å². The third-order valence-corrected chi connectivity index (χ3v) is 9.32. The number of carboxylic acid groups (broad SMARTS) is 1. The number of nitrogens with zero attached hydrogens (tertiary/aromatic N) is 3. The van der Waals surface area contributed by atoms with Crippen LogP contribution < -0.4 is 5.56 Å². The van der Waals surface area contributed by atoms with Crippen molar-refractivity contribution in [2.24, 2.45) is 0 Å². The molecule has 47 heavy (non-hydrogen) atoms. The van der Waals surface area contributed by atoms with E-state index in [-0.39, 0.29) is 34.4 Å². The highest BCUT2D eigenvalue weighted by Gasteiger charge is 2.45. The summed E-state index contributed by atoms with van der Waals surface area (Å²) in [4.78, 5) is 60.0. The number of sulfone groups is 1. The minimum Gasteiger partial charge on any atom is -0.481 e. The van der Waals surface area contributed by atoms with Gasteiger partial charge < -0.3 is 29.0 Å². The highest BCUT2D eigenvalue weighted by molar-refractivity contribution is 7.90. The third-order valence-electron chi connectivity index (χ3n) is 8.35. The van der Waals surface area contributed by atoms with E-state index in [4.69, 9.17) is 28.8 Å². The molecular formula is C31H46N4O11S. The van der Waals surface area contributed by atoms with Crippen LogP contribution in [0.1, 0.15) is 93.2 Å². The van der Waals surface area contributed by atoms with Crippen molar-refractivity contribution in [1.82, 2.24) is 19.9 Å². The van der Waals surface area contributed by atoms with Crippen LogP contribution in [0.25, 0.3) is 0 Å². The first-order chi connectivity index (χ1) is 21.9. The smallest absolute Gasteiger partial charge is 0.338 e. The lowest BCUT2D eigenvalue weighted by atomic mass is 9.78. The van der Waals surface area contributed by atoms with E-state index in [0.29, 0.717) is 61.6 Å². The predicted octanol–water partition coefficient (Wildman–Crippen LogP) is 2.79. The summed E-state index contributed by atoms with van der Waals surface area (Å²) in [5.74, 6) is -0.173. The first kappa shape index (κ1) is 39.4. The molecular weight excluding hydrogens is 636 g/mol. The summed E-state index contributed by atoms with van der Waals surface area (Å²) in [7, 11) is 2.37. The molecule has 0 radical (unpaired) electrons. The van der Waals surface area contributed by atoms with Crippen LogP contribution in [0.3, 0.4) is 0 Å². The molecule has 4 rings (SSSR count). The van der Waals surface area contributed by atoms with Crippen molar-refractivity contribution in [2.75, 3.05) is 34.7 Å². The van der Waals surface area contributed by atoms with Gasteiger partial charge in [-0.25, -0.2) is 33.0 Å². The number of aromatic nitrogens is 4. The van der Waals surface area contributed by atoms with Crippen molar-refractivity contribution >= 4 is 27.7 Å². The number of ether oxygens (including phenoxy) is 4. The monoisotopic (exact) mass is 682 g/mol. The van der Waals surface area contributed by atoms with Gasteiger partial charge in [0.1, 0.15) is 11.6 Å². The van der Waals surface area contributed by atoms with Gasteiger partial charge in [0.25, 0.3) is 11.5 Å². The molecule has 0 aliphatic heterocycles. The van der Waals surface area contributed by atoms with E-state index in [1.807, 2.05) is 0 Å². The van der Waals surface area contributed by atoms with Crippen molar-refractivity contribution in [3.8, 4) is 0 Å². The lowest BCUT2D eigenvalue weighted by Gasteiger charge is -2.36. The van der Waals surface area contributed by atoms with E-state index >= 15 is 0 Å². The second kappa shape index (κ2) is 16.9. The number of esters is 2. The SMILES string of the molecule is CC(=O)O.COC(=O)C1(OC)CCC(c2nc(C)cc(=O)[nH]2)CC1.COC(=O)C1(OC)CCC(c2nc(C)cc(S(C)(=O)=O)n2)CC1. The fourth-order valence-electron chi connectivity index (χ4n) is 5.78. The van der Waals surface area contributed by atoms with E-state index in [1.165, 1.54) is 40.6 Å². The standard InChI is InChI=1S/C15H22N2O5S.C14H20N2O4.C2H4O2/c1-10-9-12(23(4,19)20)17-13(16-10)11-5-7-15(22-3,8-6-11)14(18)21-2;1-9-8-11(17)16-12(15-9)10-4-6-14(20-3,7-5-10)13(18)19-2;1-2(3)4/h9,11H,5-8H2,1-4H3;8,10H,4-7H2,1-3H3,(H,15,16,17);1H3,(H,3,4). The molecule has 2 aromatic rings. The van der Waals surface area contributed by atoms with Gasteiger partial charge in [0.05, 0.1) is 14.2 Å². The van der Waals surface area contributed by atoms with E-state index in [0.717, 1.165) is 26.0 Å². The number of aryl methyl sites for hydroxylation is 2. The summed E-state index contributed by atoms with van der Waals surface area (Å²) in [5.41, 5.74) is -0.583. The Morgan fingerprint density at radius 1 is 0.809 bits per heavy atom. The first-order valence-electron chi connectivity index (χ1n) is 15.1. The number of methoxy groups -OCH3 is 4. The number of aromatic amines is 1. The highest BCUT2D eigenvalue weighted by atomic mass is 32.2. The lowest BCUT2D eigenvalue weighted by molar-refractivity contribution is -0.171. The molecule has 16 heteroatoms. The number of hydrogen-bond donors (Lipinski definition) is 2. The molecule has 0 amide bonds. The molecule has 262 valence electrons. The van der Waals surface area contributed by atoms with Gasteiger partial charge in [-0.1, -0.05) is 0 Å². The minimum absolute atomic E-state index is 0.00308. The fraction of sp³-hybridized carbons (Fsp3) is 0.645. The fourth-order valence-corrected chi connectivity index (χ4v) is 6.43. The predicted molar refractivity (Wildman–Crippen MR) is 169 cm³/mol. The molecule has 2 aliphatic carbocycles. The van der Waals surface area contributed by atoms with Gasteiger partial charge in [-0.2, -0.15) is 0 Å². The van der Waals surface area contributed by atoms with Crippen molar-refractivity contribution < 1.29 is 46.9 Å². The minimum atomic E-state index is -3.38. The summed E-state index contributed by atoms with van der Waals surface area (Å²) >= 11 is 0. The normalized spacial score (nSPS) is 24.0. The molecule has 0 spiro atoms. The van der Waals surface area contributed by atoms with Gasteiger partial charge in [-0.05, 0) is 71.3 Å². The van der Waals surface area contributed by atoms with Gasteiger partial charge >= 0.3 is 11.9 Å². The molecule has 2 heterocycles. The van der Waals surface area contributed by atoms with Gasteiger partial charge in [0, 0.05) is 56.7 Å². The maximum Gasteiger partial charge on any atom is 0.338 e. The second-order valence-electron chi connectivity index (χ2n) is 11.7. The Labute approximate surface area is 274 Å². The number of carbonyl (C=O) groups is 3. The van der Waals surface area contributed by atoms with Crippen LogP contribution >= 0.6 is 0 Å². The summed E-state index contributed by atoms with van der Waals surface area (Å²) in [6.07, 6.45) is 5.98. The summed E-state index contributed by atoms with van der Waals surface area (Å²) < 4.78 is 43.9. The van der Waals surface area contributed by atoms with E-state index in [1.54, 1.807) is 13.8 Å². The van der Waals surface area contributed by atoms with E-state index < -0.39 is 27.0 Å². The highest BCUT2D eigenvalue weighted by Crippen LogP contribution is 2.40. The molecule has 0 aromatic carbocycles. The maximum atomic E-state index is 11.9. The third kappa shape index (κ3) is 10.6. The number of carbonyl (C=O) groups excluding carboxylic acids is 2. The van der Waals surface area contributed by atoms with Crippen molar-refractivity contribution in [1.29, 1.82) is 0 Å². The molecule has 0 bridgehead atoms. The molecule has 15 nitrogen and oxygen atoms in total. The number of aliphatic carboxylic acids is 1. The Balaban J connectivity index is 0.000000296. The van der Waals surface area contributed by atoms with Gasteiger partial charge in [0.2, 0.25) is 0 Å². The van der Waals surface area contributed by atoms with E-state index in [2.05, 4.69) is 19.9 Å². The van der Waals surface area contributed by atoms with Crippen molar-refractivity contribution in [3.05, 3.63) is 45.5 Å². The van der Waals surface area contributed by atoms with Crippen molar-refractivity contribution in [2.45, 2.75) is 100 Å². The topological polar surface area (TPSA) is 214 Å². The molecule has 0 saturated heterocycles. The lowest BCUT2D eigenvalue weighted by Crippen LogP contribution is -2.44. The molecule has 2 aromatic heterocycles. The summed E-state index contributed by atoms with van der Waals surface area (Å²) in [5, 5.41) is 7.46. The zero-order valence-electron chi connectivity index (χ0n) is 28.2. The average Bonchev–Trinajstić information content (AvgIpc) is 3.03. The zero-order valence-corrected chi connectivity index (χ0v) is 29.1. The quantitative estimate of drug-likeness (QED) is 0.317. The van der Waals surface area contributed by atoms with Crippen LogP contribution in [0.4, 0.5) is 0 Å². The molecule has 2 N–H and O–H groups in total. The number of H-pyrrole nitrogens is 1. The maximum absolute atomic E-state index is 11.9. The largest absolute Gasteiger partial charge is 0.481 e. The second-order valence-corrected chi connectivity index (χ2v) is 13.7. The number of nitrogens with one attached hydrogen (secondary N) is 1. The molecule has 2 saturated carbocycles. The van der Waals surface area contributed by atoms with Gasteiger partial charge in [-0.3, -0.25) is 9.59 Å². The van der Waals surface area contributed by atoms with Crippen LogP contribution in [0.15, 0.2) is 22.0 Å². The Kier molecular flexibility index (Phi) is 14.2. The molecule has 0 atom stereocenters. The zero-order chi connectivity index (χ0) is 35.6. The van der Waals surface area contributed by atoms with Crippen LogP contribution in [0, 0.1) is 13.8 Å².